The van der Waals surface area contributed by atoms with Gasteiger partial charge in [0, 0.05) is 23.6 Å². The van der Waals surface area contributed by atoms with Crippen LogP contribution >= 0.6 is 0 Å². The molecular weight excluding hydrogens is 345 g/mol. The molecule has 0 aliphatic heterocycles. The van der Waals surface area contributed by atoms with E-state index in [4.69, 9.17) is 0 Å². The largest absolute Gasteiger partial charge is 0.392 e. The average molecular weight is 361 g/mol. The fourth-order valence-corrected chi connectivity index (χ4v) is 3.10. The van der Waals surface area contributed by atoms with Gasteiger partial charge in [0.15, 0.2) is 5.69 Å². The summed E-state index contributed by atoms with van der Waals surface area (Å²) in [5.74, 6) is -0.368. The number of hydrogen-bond donors (Lipinski definition) is 2. The molecule has 0 aromatic heterocycles. The number of nitrogens with one attached hydrogen (secondary N) is 1. The van der Waals surface area contributed by atoms with Crippen molar-refractivity contribution in [2.75, 3.05) is 5.32 Å². The second kappa shape index (κ2) is 6.68. The summed E-state index contributed by atoms with van der Waals surface area (Å²) in [4.78, 5) is 21.5. The van der Waals surface area contributed by atoms with E-state index in [0.29, 0.717) is 6.42 Å². The Hall–Kier alpha value is -3.07. The van der Waals surface area contributed by atoms with Gasteiger partial charge in [0.2, 0.25) is 0 Å². The van der Waals surface area contributed by atoms with Crippen molar-refractivity contribution in [1.82, 2.24) is 0 Å². The molecule has 26 heavy (non-hydrogen) atoms. The van der Waals surface area contributed by atoms with Crippen molar-refractivity contribution < 1.29 is 19.3 Å². The molecule has 2 aromatic rings. The molecule has 1 aliphatic carbocycles. The number of rotatable bonds is 6. The van der Waals surface area contributed by atoms with Crippen LogP contribution in [-0.4, -0.2) is 21.0 Å². The molecule has 1 saturated carbocycles. The molecule has 0 radical (unpaired) electrons. The molecule has 0 spiro atoms. The summed E-state index contributed by atoms with van der Waals surface area (Å²) in [6.07, 6.45) is 0.626. The Kier molecular flexibility index (Phi) is 4.56. The number of halogens is 1. The zero-order valence-electron chi connectivity index (χ0n) is 13.8. The van der Waals surface area contributed by atoms with Crippen molar-refractivity contribution in [3.05, 3.63) is 73.1 Å². The van der Waals surface area contributed by atoms with Gasteiger partial charge in [-0.25, -0.2) is 4.39 Å². The van der Waals surface area contributed by atoms with Gasteiger partial charge in [-0.1, -0.05) is 12.1 Å². The van der Waals surface area contributed by atoms with Gasteiger partial charge < -0.3 is 10.4 Å². The Bertz CT molecular complexity index is 885. The van der Waals surface area contributed by atoms with Gasteiger partial charge in [0.25, 0.3) is 5.69 Å². The predicted octanol–water partition coefficient (Wildman–Crippen LogP) is 3.41. The Morgan fingerprint density at radius 2 is 1.88 bits per heavy atom. The Balaban J connectivity index is 1.97. The van der Waals surface area contributed by atoms with Crippen LogP contribution < -0.4 is 5.32 Å². The molecule has 2 N–H and O–H groups in total. The molecular formula is C17H16FN3O5. The highest BCUT2D eigenvalue weighted by Gasteiger charge is 2.42. The molecule has 0 unspecified atom stereocenters. The average Bonchev–Trinajstić information content (AvgIpc) is 3.34. The normalized spacial score (nSPS) is 18.4. The van der Waals surface area contributed by atoms with E-state index in [1.165, 1.54) is 19.1 Å². The topological polar surface area (TPSA) is 119 Å². The van der Waals surface area contributed by atoms with Gasteiger partial charge in [-0.05, 0) is 36.6 Å². The molecule has 0 bridgehead atoms. The van der Waals surface area contributed by atoms with E-state index < -0.39 is 27.8 Å². The monoisotopic (exact) mass is 361 g/mol. The lowest BCUT2D eigenvalue weighted by Gasteiger charge is -2.12. The van der Waals surface area contributed by atoms with Gasteiger partial charge in [-0.2, -0.15) is 0 Å². The summed E-state index contributed by atoms with van der Waals surface area (Å²) in [6, 6.07) is 6.85. The molecule has 2 aromatic carbocycles. The van der Waals surface area contributed by atoms with Crippen LogP contribution in [-0.2, 0) is 6.61 Å². The van der Waals surface area contributed by atoms with Crippen LogP contribution in [0.1, 0.15) is 29.0 Å². The minimum Gasteiger partial charge on any atom is -0.392 e. The zero-order valence-corrected chi connectivity index (χ0v) is 13.8. The Morgan fingerprint density at radius 1 is 1.23 bits per heavy atom. The van der Waals surface area contributed by atoms with Gasteiger partial charge in [0.1, 0.15) is 5.82 Å². The Labute approximate surface area is 147 Å². The molecule has 1 aliphatic rings. The van der Waals surface area contributed by atoms with Crippen molar-refractivity contribution in [1.29, 1.82) is 0 Å². The van der Waals surface area contributed by atoms with E-state index in [-0.39, 0.29) is 34.6 Å². The van der Waals surface area contributed by atoms with E-state index >= 15 is 0 Å². The first-order valence-electron chi connectivity index (χ1n) is 7.91. The van der Waals surface area contributed by atoms with Gasteiger partial charge in [-0.3, -0.25) is 20.2 Å². The number of hydrogen-bond acceptors (Lipinski definition) is 6. The number of aliphatic hydroxyl groups excluding tert-OH is 1. The van der Waals surface area contributed by atoms with E-state index in [1.54, 1.807) is 12.1 Å². The first-order valence-corrected chi connectivity index (χ1v) is 7.91. The first-order chi connectivity index (χ1) is 12.3. The standard InChI is InChI=1S/C17H16FN3O5/c1-9-11(8-22)6-15(20(23)24)16(17(9)21(25)26)19-14-7-13(14)10-2-4-12(18)5-3-10/h2-6,13-14,19,22H,7-8H2,1H3/t13-,14+/m0/s1. The van der Waals surface area contributed by atoms with Crippen molar-refractivity contribution in [2.24, 2.45) is 0 Å². The predicted molar refractivity (Wildman–Crippen MR) is 91.6 cm³/mol. The summed E-state index contributed by atoms with van der Waals surface area (Å²) in [5.41, 5.74) is 0.163. The maximum Gasteiger partial charge on any atom is 0.302 e. The minimum absolute atomic E-state index is 0.00682. The van der Waals surface area contributed by atoms with E-state index in [2.05, 4.69) is 5.32 Å². The second-order valence-electron chi connectivity index (χ2n) is 6.22. The highest BCUT2D eigenvalue weighted by Crippen LogP contribution is 2.47. The maximum absolute atomic E-state index is 13.0. The van der Waals surface area contributed by atoms with E-state index in [0.717, 1.165) is 11.6 Å². The number of nitro groups is 2. The summed E-state index contributed by atoms with van der Waals surface area (Å²) in [5, 5.41) is 35.1. The molecule has 0 saturated heterocycles. The SMILES string of the molecule is Cc1c(CO)cc([N+](=O)[O-])c(N[C@@H]2C[C@H]2c2ccc(F)cc2)c1[N+](=O)[O-]. The van der Waals surface area contributed by atoms with Crippen LogP contribution in [0.15, 0.2) is 30.3 Å². The molecule has 9 heteroatoms. The molecule has 1 fully saturated rings. The summed E-state index contributed by atoms with van der Waals surface area (Å²) >= 11 is 0. The highest BCUT2D eigenvalue weighted by atomic mass is 19.1. The molecule has 8 nitrogen and oxygen atoms in total. The van der Waals surface area contributed by atoms with Gasteiger partial charge >= 0.3 is 5.69 Å². The highest BCUT2D eigenvalue weighted by molar-refractivity contribution is 5.78. The third-order valence-corrected chi connectivity index (χ3v) is 4.61. The fourth-order valence-electron chi connectivity index (χ4n) is 3.10. The number of nitrogens with zero attached hydrogens (tertiary/aromatic N) is 2. The lowest BCUT2D eigenvalue weighted by Crippen LogP contribution is -2.11. The van der Waals surface area contributed by atoms with Crippen molar-refractivity contribution >= 4 is 17.1 Å². The van der Waals surface area contributed by atoms with Crippen LogP contribution in [0.5, 0.6) is 0 Å². The number of anilines is 1. The van der Waals surface area contributed by atoms with Crippen LogP contribution in [0.25, 0.3) is 0 Å². The summed E-state index contributed by atoms with van der Waals surface area (Å²) in [7, 11) is 0. The maximum atomic E-state index is 13.0. The van der Waals surface area contributed by atoms with Crippen molar-refractivity contribution in [3.8, 4) is 0 Å². The number of nitro benzene ring substituents is 2. The van der Waals surface area contributed by atoms with Crippen LogP contribution in [0.3, 0.4) is 0 Å². The Morgan fingerprint density at radius 3 is 2.42 bits per heavy atom. The zero-order chi connectivity index (χ0) is 19.0. The molecule has 0 heterocycles. The molecule has 2 atom stereocenters. The second-order valence-corrected chi connectivity index (χ2v) is 6.22. The lowest BCUT2D eigenvalue weighted by atomic mass is 10.0. The van der Waals surface area contributed by atoms with Crippen LogP contribution in [0.2, 0.25) is 0 Å². The number of benzene rings is 2. The molecule has 136 valence electrons. The summed E-state index contributed by atoms with van der Waals surface area (Å²) < 4.78 is 13.0. The third-order valence-electron chi connectivity index (χ3n) is 4.61. The first kappa shape index (κ1) is 17.7. The minimum atomic E-state index is -0.705. The fraction of sp³-hybridized carbons (Fsp3) is 0.294. The lowest BCUT2D eigenvalue weighted by molar-refractivity contribution is -0.392. The van der Waals surface area contributed by atoms with Crippen molar-refractivity contribution in [3.63, 3.8) is 0 Å². The third kappa shape index (κ3) is 3.21. The van der Waals surface area contributed by atoms with Crippen LogP contribution in [0, 0.1) is 33.0 Å². The number of aliphatic hydroxyl groups is 1. The van der Waals surface area contributed by atoms with Gasteiger partial charge in [0.05, 0.1) is 16.5 Å². The van der Waals surface area contributed by atoms with E-state index in [1.807, 2.05) is 0 Å². The van der Waals surface area contributed by atoms with Crippen molar-refractivity contribution in [2.45, 2.75) is 31.9 Å². The van der Waals surface area contributed by atoms with Crippen LogP contribution in [0.4, 0.5) is 21.5 Å². The smallest absolute Gasteiger partial charge is 0.302 e. The quantitative estimate of drug-likeness (QED) is 0.601. The molecule has 3 rings (SSSR count). The van der Waals surface area contributed by atoms with Gasteiger partial charge in [-0.15, -0.1) is 0 Å². The molecule has 0 amide bonds. The van der Waals surface area contributed by atoms with E-state index in [9.17, 15) is 29.7 Å². The summed E-state index contributed by atoms with van der Waals surface area (Å²) in [6.45, 7) is 0.915.